The van der Waals surface area contributed by atoms with Crippen molar-refractivity contribution >= 4 is 21.7 Å². The molecule has 1 unspecified atom stereocenters. The van der Waals surface area contributed by atoms with Crippen LogP contribution in [0, 0.1) is 0 Å². The monoisotopic (exact) mass is 330 g/mol. The molecule has 0 fully saturated rings. The lowest BCUT2D eigenvalue weighted by molar-refractivity contribution is 0.0104. The summed E-state index contributed by atoms with van der Waals surface area (Å²) >= 11 is 3.39. The summed E-state index contributed by atoms with van der Waals surface area (Å²) in [6, 6.07) is 3.42. The smallest absolute Gasteiger partial charge is 0.198 e. The second kappa shape index (κ2) is 6.39. The van der Waals surface area contributed by atoms with Crippen molar-refractivity contribution in [2.24, 2.45) is 0 Å². The molecule has 0 saturated carbocycles. The van der Waals surface area contributed by atoms with E-state index in [2.05, 4.69) is 15.9 Å². The van der Waals surface area contributed by atoms with Crippen LogP contribution in [-0.2, 0) is 4.74 Å². The van der Waals surface area contributed by atoms with Crippen molar-refractivity contribution in [2.75, 3.05) is 21.3 Å². The largest absolute Gasteiger partial charge is 0.495 e. The first-order valence-corrected chi connectivity index (χ1v) is 6.74. The quantitative estimate of drug-likeness (QED) is 0.749. The van der Waals surface area contributed by atoms with Gasteiger partial charge >= 0.3 is 0 Å². The van der Waals surface area contributed by atoms with E-state index in [-0.39, 0.29) is 5.78 Å². The van der Waals surface area contributed by atoms with Gasteiger partial charge < -0.3 is 14.2 Å². The number of hydrogen-bond acceptors (Lipinski definition) is 4. The third kappa shape index (κ3) is 2.92. The Labute approximate surface area is 122 Å². The molecule has 0 aliphatic rings. The van der Waals surface area contributed by atoms with E-state index >= 15 is 0 Å². The van der Waals surface area contributed by atoms with E-state index < -0.39 is 5.60 Å². The van der Waals surface area contributed by atoms with Crippen LogP contribution < -0.4 is 9.47 Å². The van der Waals surface area contributed by atoms with Gasteiger partial charge in [-0.1, -0.05) is 6.92 Å². The third-order valence-electron chi connectivity index (χ3n) is 3.34. The topological polar surface area (TPSA) is 44.8 Å². The maximum Gasteiger partial charge on any atom is 0.198 e. The Kier molecular flexibility index (Phi) is 5.38. The maximum atomic E-state index is 12.6. The summed E-state index contributed by atoms with van der Waals surface area (Å²) < 4.78 is 16.5. The highest BCUT2D eigenvalue weighted by atomic mass is 79.9. The van der Waals surface area contributed by atoms with E-state index in [1.165, 1.54) is 14.2 Å². The van der Waals surface area contributed by atoms with Crippen LogP contribution in [0.3, 0.4) is 0 Å². The molecule has 0 heterocycles. The SMILES string of the molecule is CCC(C)(OC)C(=O)c1ccc(OC)c(Br)c1OC. The van der Waals surface area contributed by atoms with Gasteiger partial charge in [0.05, 0.1) is 19.8 Å². The number of rotatable bonds is 6. The predicted molar refractivity (Wildman–Crippen MR) is 77.3 cm³/mol. The molecule has 0 spiro atoms. The van der Waals surface area contributed by atoms with Crippen LogP contribution in [-0.4, -0.2) is 32.7 Å². The second-order valence-electron chi connectivity index (χ2n) is 4.28. The summed E-state index contributed by atoms with van der Waals surface area (Å²) in [6.07, 6.45) is 0.579. The average Bonchev–Trinajstić information content (AvgIpc) is 2.45. The van der Waals surface area contributed by atoms with Crippen molar-refractivity contribution in [3.05, 3.63) is 22.2 Å². The zero-order valence-corrected chi connectivity index (χ0v) is 13.5. The van der Waals surface area contributed by atoms with Gasteiger partial charge in [-0.25, -0.2) is 0 Å². The van der Waals surface area contributed by atoms with Crippen molar-refractivity contribution in [1.82, 2.24) is 0 Å². The number of benzene rings is 1. The molecule has 19 heavy (non-hydrogen) atoms. The maximum absolute atomic E-state index is 12.6. The lowest BCUT2D eigenvalue weighted by Gasteiger charge is -2.26. The molecule has 1 rings (SSSR count). The van der Waals surface area contributed by atoms with Gasteiger partial charge in [0.15, 0.2) is 5.78 Å². The highest BCUT2D eigenvalue weighted by Crippen LogP contribution is 2.39. The molecule has 1 atom stereocenters. The Morgan fingerprint density at radius 3 is 2.32 bits per heavy atom. The molecule has 1 aromatic carbocycles. The molecule has 0 aliphatic heterocycles. The van der Waals surface area contributed by atoms with Crippen LogP contribution in [0.25, 0.3) is 0 Å². The number of methoxy groups -OCH3 is 3. The van der Waals surface area contributed by atoms with Crippen LogP contribution in [0.1, 0.15) is 30.6 Å². The van der Waals surface area contributed by atoms with Crippen molar-refractivity contribution in [1.29, 1.82) is 0 Å². The first kappa shape index (κ1) is 16.0. The summed E-state index contributed by atoms with van der Waals surface area (Å²) in [4.78, 5) is 12.6. The molecule has 5 heteroatoms. The second-order valence-corrected chi connectivity index (χ2v) is 5.07. The average molecular weight is 331 g/mol. The number of ketones is 1. The molecule has 0 N–H and O–H groups in total. The normalized spacial score (nSPS) is 13.8. The van der Waals surface area contributed by atoms with Crippen LogP contribution in [0.15, 0.2) is 16.6 Å². The highest BCUT2D eigenvalue weighted by Gasteiger charge is 2.34. The Bertz CT molecular complexity index is 467. The Morgan fingerprint density at radius 2 is 1.89 bits per heavy atom. The van der Waals surface area contributed by atoms with E-state index in [9.17, 15) is 4.79 Å². The summed E-state index contributed by atoms with van der Waals surface area (Å²) in [5.41, 5.74) is -0.386. The number of hydrogen-bond donors (Lipinski definition) is 0. The number of Topliss-reactive ketones (excluding diaryl/α,β-unsaturated/α-hetero) is 1. The fraction of sp³-hybridized carbons (Fsp3) is 0.500. The third-order valence-corrected chi connectivity index (χ3v) is 4.09. The summed E-state index contributed by atoms with van der Waals surface area (Å²) in [5, 5.41) is 0. The van der Waals surface area contributed by atoms with E-state index in [1.807, 2.05) is 6.92 Å². The van der Waals surface area contributed by atoms with Crippen LogP contribution >= 0.6 is 15.9 Å². The molecule has 0 aromatic heterocycles. The van der Waals surface area contributed by atoms with E-state index in [4.69, 9.17) is 14.2 Å². The van der Waals surface area contributed by atoms with Gasteiger partial charge in [0.2, 0.25) is 0 Å². The summed E-state index contributed by atoms with van der Waals surface area (Å²) in [5.74, 6) is 0.961. The molecule has 1 aromatic rings. The minimum absolute atomic E-state index is 0.113. The predicted octanol–water partition coefficient (Wildman–Crippen LogP) is 3.46. The first-order valence-electron chi connectivity index (χ1n) is 5.95. The van der Waals surface area contributed by atoms with Crippen molar-refractivity contribution in [3.8, 4) is 11.5 Å². The minimum Gasteiger partial charge on any atom is -0.495 e. The van der Waals surface area contributed by atoms with Gasteiger partial charge in [-0.05, 0) is 41.4 Å². The van der Waals surface area contributed by atoms with Crippen molar-refractivity contribution < 1.29 is 19.0 Å². The van der Waals surface area contributed by atoms with E-state index in [1.54, 1.807) is 26.2 Å². The number of carbonyl (C=O) groups excluding carboxylic acids is 1. The number of carbonyl (C=O) groups is 1. The fourth-order valence-corrected chi connectivity index (χ4v) is 2.43. The standard InChI is InChI=1S/C14H19BrO4/c1-6-14(2,19-5)13(16)9-7-8-10(17-3)11(15)12(9)18-4/h7-8H,6H2,1-5H3. The molecule has 0 amide bonds. The number of halogens is 1. The van der Waals surface area contributed by atoms with Crippen LogP contribution in [0.4, 0.5) is 0 Å². The summed E-state index contributed by atoms with van der Waals surface area (Å²) in [6.45, 7) is 3.68. The zero-order chi connectivity index (χ0) is 14.6. The molecule has 0 saturated heterocycles. The van der Waals surface area contributed by atoms with Crippen molar-refractivity contribution in [3.63, 3.8) is 0 Å². The van der Waals surface area contributed by atoms with Crippen molar-refractivity contribution in [2.45, 2.75) is 25.9 Å². The molecule has 106 valence electrons. The zero-order valence-electron chi connectivity index (χ0n) is 11.9. The van der Waals surface area contributed by atoms with Crippen LogP contribution in [0.5, 0.6) is 11.5 Å². The lowest BCUT2D eigenvalue weighted by atomic mass is 9.91. The Hall–Kier alpha value is -1.07. The first-order chi connectivity index (χ1) is 8.95. The van der Waals surface area contributed by atoms with E-state index in [0.717, 1.165) is 0 Å². The molecule has 0 aliphatic carbocycles. The number of ether oxygens (including phenoxy) is 3. The Balaban J connectivity index is 3.36. The van der Waals surface area contributed by atoms with Gasteiger partial charge in [-0.3, -0.25) is 4.79 Å². The molecule has 0 radical (unpaired) electrons. The fourth-order valence-electron chi connectivity index (χ4n) is 1.76. The lowest BCUT2D eigenvalue weighted by Crippen LogP contribution is -2.37. The van der Waals surface area contributed by atoms with Gasteiger partial charge in [0.25, 0.3) is 0 Å². The van der Waals surface area contributed by atoms with Gasteiger partial charge in [0.1, 0.15) is 21.6 Å². The van der Waals surface area contributed by atoms with Gasteiger partial charge in [0, 0.05) is 7.11 Å². The molecule has 0 bridgehead atoms. The van der Waals surface area contributed by atoms with Gasteiger partial charge in [-0.2, -0.15) is 0 Å². The molecular weight excluding hydrogens is 312 g/mol. The highest BCUT2D eigenvalue weighted by molar-refractivity contribution is 9.10. The molecular formula is C14H19BrO4. The minimum atomic E-state index is -0.860. The molecule has 4 nitrogen and oxygen atoms in total. The van der Waals surface area contributed by atoms with Crippen LogP contribution in [0.2, 0.25) is 0 Å². The summed E-state index contributed by atoms with van der Waals surface area (Å²) in [7, 11) is 4.62. The Morgan fingerprint density at radius 1 is 1.26 bits per heavy atom. The van der Waals surface area contributed by atoms with Gasteiger partial charge in [-0.15, -0.1) is 0 Å². The van der Waals surface area contributed by atoms with E-state index in [0.29, 0.717) is 28.0 Å².